The van der Waals surface area contributed by atoms with E-state index in [9.17, 15) is 30.4 Å². The molecule has 0 spiro atoms. The fourth-order valence-electron chi connectivity index (χ4n) is 3.59. The highest BCUT2D eigenvalue weighted by Gasteiger charge is 2.38. The Labute approximate surface area is 178 Å². The fourth-order valence-corrected chi connectivity index (χ4v) is 9.11. The first-order valence-electron chi connectivity index (χ1n) is 7.53. The second kappa shape index (κ2) is 6.22. The van der Waals surface area contributed by atoms with Crippen LogP contribution in [0.25, 0.3) is 32.3 Å². The molecule has 0 atom stereocenters. The van der Waals surface area contributed by atoms with Gasteiger partial charge in [0.05, 0.1) is 0 Å². The highest BCUT2D eigenvalue weighted by Crippen LogP contribution is 2.49. The lowest BCUT2D eigenvalue weighted by Crippen LogP contribution is -2.10. The van der Waals surface area contributed by atoms with Crippen molar-refractivity contribution in [2.45, 2.75) is 14.7 Å². The van der Waals surface area contributed by atoms with Crippen molar-refractivity contribution in [2.75, 3.05) is 0 Å². The average molecular weight is 514 g/mol. The Bertz CT molecular complexity index is 1680. The molecule has 0 fully saturated rings. The SMILES string of the molecule is O=S(=O)(Cl)c1c(S(=O)(=O)Cl)c2ccc3cccc4cc(O)c(c1S(=O)(=O)Cl)c2c34. The maximum atomic E-state index is 12.4. The molecular formula is C16H7Cl3O7S3. The van der Waals surface area contributed by atoms with Crippen molar-refractivity contribution in [1.82, 2.24) is 0 Å². The van der Waals surface area contributed by atoms with E-state index >= 15 is 0 Å². The second-order valence-corrected chi connectivity index (χ2v) is 13.6. The van der Waals surface area contributed by atoms with Gasteiger partial charge in [0.25, 0.3) is 27.2 Å². The van der Waals surface area contributed by atoms with Crippen LogP contribution in [0.1, 0.15) is 0 Å². The minimum Gasteiger partial charge on any atom is -0.507 e. The van der Waals surface area contributed by atoms with E-state index in [0.29, 0.717) is 16.2 Å². The Balaban J connectivity index is 2.61. The van der Waals surface area contributed by atoms with Crippen LogP contribution in [0.2, 0.25) is 0 Å². The van der Waals surface area contributed by atoms with Crippen LogP contribution in [0.3, 0.4) is 0 Å². The molecule has 0 saturated heterocycles. The fraction of sp³-hybridized carbons (Fsp3) is 0. The van der Waals surface area contributed by atoms with E-state index in [2.05, 4.69) is 0 Å². The van der Waals surface area contributed by atoms with Crippen molar-refractivity contribution in [3.63, 3.8) is 0 Å². The third kappa shape index (κ3) is 3.09. The average Bonchev–Trinajstić information content (AvgIpc) is 2.56. The molecule has 0 aromatic heterocycles. The summed E-state index contributed by atoms with van der Waals surface area (Å²) in [6, 6.07) is 8.94. The smallest absolute Gasteiger partial charge is 0.264 e. The van der Waals surface area contributed by atoms with Gasteiger partial charge in [0, 0.05) is 48.2 Å². The maximum absolute atomic E-state index is 12.4. The number of rotatable bonds is 3. The number of benzene rings is 4. The van der Waals surface area contributed by atoms with Gasteiger partial charge in [-0.3, -0.25) is 0 Å². The molecule has 0 bridgehead atoms. The summed E-state index contributed by atoms with van der Waals surface area (Å²) >= 11 is 0. The summed E-state index contributed by atoms with van der Waals surface area (Å²) in [5.74, 6) is -0.625. The Morgan fingerprint density at radius 3 is 1.72 bits per heavy atom. The Morgan fingerprint density at radius 2 is 1.17 bits per heavy atom. The molecule has 0 radical (unpaired) electrons. The molecule has 13 heteroatoms. The first-order valence-corrected chi connectivity index (χ1v) is 14.5. The van der Waals surface area contributed by atoms with Crippen LogP contribution in [0.15, 0.2) is 51.1 Å². The van der Waals surface area contributed by atoms with E-state index in [1.165, 1.54) is 18.2 Å². The predicted octanol–water partition coefficient (Wildman–Crippen LogP) is 4.07. The molecule has 0 aliphatic heterocycles. The van der Waals surface area contributed by atoms with E-state index in [1.807, 2.05) is 0 Å². The number of hydrogen-bond donors (Lipinski definition) is 1. The Kier molecular flexibility index (Phi) is 4.44. The zero-order valence-electron chi connectivity index (χ0n) is 13.7. The van der Waals surface area contributed by atoms with Gasteiger partial charge in [-0.25, -0.2) is 25.3 Å². The van der Waals surface area contributed by atoms with Crippen molar-refractivity contribution in [3.05, 3.63) is 36.4 Å². The molecule has 1 N–H and O–H groups in total. The summed E-state index contributed by atoms with van der Waals surface area (Å²) < 4.78 is 74.0. The van der Waals surface area contributed by atoms with E-state index in [-0.39, 0.29) is 10.8 Å². The highest BCUT2D eigenvalue weighted by atomic mass is 35.7. The molecule has 0 aliphatic carbocycles. The van der Waals surface area contributed by atoms with Gasteiger partial charge >= 0.3 is 0 Å². The zero-order chi connectivity index (χ0) is 21.5. The van der Waals surface area contributed by atoms with Gasteiger partial charge in [-0.05, 0) is 22.2 Å². The minimum atomic E-state index is -5.00. The molecule has 4 aromatic carbocycles. The zero-order valence-corrected chi connectivity index (χ0v) is 18.4. The van der Waals surface area contributed by atoms with Gasteiger partial charge in [0.1, 0.15) is 20.4 Å². The van der Waals surface area contributed by atoms with Crippen LogP contribution in [0.5, 0.6) is 5.75 Å². The lowest BCUT2D eigenvalue weighted by atomic mass is 9.93. The van der Waals surface area contributed by atoms with Crippen LogP contribution >= 0.6 is 32.0 Å². The molecule has 0 unspecified atom stereocenters. The van der Waals surface area contributed by atoms with Crippen LogP contribution < -0.4 is 0 Å². The summed E-state index contributed by atoms with van der Waals surface area (Å²) in [5.41, 5.74) is 0. The molecule has 0 saturated carbocycles. The lowest BCUT2D eigenvalue weighted by molar-refractivity contribution is 0.481. The quantitative estimate of drug-likeness (QED) is 0.323. The summed E-state index contributed by atoms with van der Waals surface area (Å²) in [4.78, 5) is -3.50. The monoisotopic (exact) mass is 512 g/mol. The van der Waals surface area contributed by atoms with Gasteiger partial charge in [0.15, 0.2) is 0 Å². The molecule has 4 rings (SSSR count). The van der Waals surface area contributed by atoms with Gasteiger partial charge in [-0.15, -0.1) is 0 Å². The van der Waals surface area contributed by atoms with Crippen molar-refractivity contribution < 1.29 is 30.4 Å². The van der Waals surface area contributed by atoms with Crippen LogP contribution in [0, 0.1) is 0 Å². The number of phenols is 1. The summed E-state index contributed by atoms with van der Waals surface area (Å²) in [6.07, 6.45) is 0. The second-order valence-electron chi connectivity index (χ2n) is 6.14. The first kappa shape index (κ1) is 20.7. The maximum Gasteiger partial charge on any atom is 0.264 e. The van der Waals surface area contributed by atoms with Crippen molar-refractivity contribution in [1.29, 1.82) is 0 Å². The highest BCUT2D eigenvalue weighted by molar-refractivity contribution is 8.17. The lowest BCUT2D eigenvalue weighted by Gasteiger charge is -2.19. The van der Waals surface area contributed by atoms with Crippen LogP contribution in [-0.4, -0.2) is 30.4 Å². The Hall–Kier alpha value is -1.56. The van der Waals surface area contributed by atoms with Gasteiger partial charge in [-0.1, -0.05) is 30.3 Å². The molecule has 4 aromatic rings. The van der Waals surface area contributed by atoms with E-state index in [0.717, 1.165) is 0 Å². The summed E-state index contributed by atoms with van der Waals surface area (Å²) in [6.45, 7) is 0. The molecular weight excluding hydrogens is 507 g/mol. The van der Waals surface area contributed by atoms with Crippen molar-refractivity contribution in [2.24, 2.45) is 0 Å². The number of aromatic hydroxyl groups is 1. The summed E-state index contributed by atoms with van der Waals surface area (Å²) in [5, 5.41) is 11.3. The van der Waals surface area contributed by atoms with E-state index < -0.39 is 53.0 Å². The minimum absolute atomic E-state index is 0.0272. The van der Waals surface area contributed by atoms with Crippen molar-refractivity contribution >= 4 is 91.5 Å². The number of halogens is 3. The molecule has 0 aliphatic rings. The molecule has 152 valence electrons. The Morgan fingerprint density at radius 1 is 0.621 bits per heavy atom. The summed E-state index contributed by atoms with van der Waals surface area (Å²) in [7, 11) is 1.65. The standard InChI is InChI=1S/C16H7Cl3O7S3/c17-27(21,22)14-9-5-4-7-2-1-3-8-6-10(20)13(12(9)11(7)8)15(28(18,23)24)16(14)29(19,25)26/h1-6,20H. The van der Waals surface area contributed by atoms with Crippen molar-refractivity contribution in [3.8, 4) is 5.75 Å². The third-order valence-corrected chi connectivity index (χ3v) is 8.84. The van der Waals surface area contributed by atoms with Gasteiger partial charge in [0.2, 0.25) is 0 Å². The predicted molar refractivity (Wildman–Crippen MR) is 111 cm³/mol. The van der Waals surface area contributed by atoms with Gasteiger partial charge in [-0.2, -0.15) is 0 Å². The normalized spacial score (nSPS) is 13.6. The van der Waals surface area contributed by atoms with Gasteiger partial charge < -0.3 is 5.11 Å². The largest absolute Gasteiger partial charge is 0.507 e. The number of phenolic OH excluding ortho intramolecular Hbond substituents is 1. The molecule has 0 amide bonds. The number of hydrogen-bond acceptors (Lipinski definition) is 7. The molecule has 7 nitrogen and oxygen atoms in total. The topological polar surface area (TPSA) is 123 Å². The first-order chi connectivity index (χ1) is 13.2. The van der Waals surface area contributed by atoms with E-state index in [1.54, 1.807) is 18.2 Å². The third-order valence-electron chi connectivity index (χ3n) is 4.49. The molecule has 29 heavy (non-hydrogen) atoms. The van der Waals surface area contributed by atoms with Crippen LogP contribution in [0.4, 0.5) is 0 Å². The van der Waals surface area contributed by atoms with E-state index in [4.69, 9.17) is 32.0 Å². The van der Waals surface area contributed by atoms with Crippen LogP contribution in [-0.2, 0) is 27.2 Å². The molecule has 0 heterocycles.